The zero-order valence-electron chi connectivity index (χ0n) is 9.08. The van der Waals surface area contributed by atoms with E-state index in [0.29, 0.717) is 10.7 Å². The molecule has 6 heteroatoms. The molecule has 0 unspecified atom stereocenters. The molecule has 0 radical (unpaired) electrons. The number of aromatic nitrogens is 2. The largest absolute Gasteiger partial charge is 0.477 e. The summed E-state index contributed by atoms with van der Waals surface area (Å²) in [4.78, 5) is 19.5. The standard InChI is InChI=1S/C11H10N2O3S/c1-16-6-8-9(11(14)15)17-10(13-8)7-3-2-4-12-5-7/h2-5H,6H2,1H3,(H,14,15). The monoisotopic (exact) mass is 250 g/mol. The summed E-state index contributed by atoms with van der Waals surface area (Å²) >= 11 is 1.13. The van der Waals surface area contributed by atoms with Gasteiger partial charge < -0.3 is 9.84 Å². The molecule has 2 rings (SSSR count). The van der Waals surface area contributed by atoms with Crippen LogP contribution in [0.5, 0.6) is 0 Å². The van der Waals surface area contributed by atoms with Gasteiger partial charge in [0.2, 0.25) is 0 Å². The first-order valence-corrected chi connectivity index (χ1v) is 5.66. The second-order valence-electron chi connectivity index (χ2n) is 3.27. The Hall–Kier alpha value is -1.79. The molecule has 5 nitrogen and oxygen atoms in total. The lowest BCUT2D eigenvalue weighted by Gasteiger charge is -1.94. The maximum absolute atomic E-state index is 11.0. The Morgan fingerprint density at radius 1 is 1.59 bits per heavy atom. The van der Waals surface area contributed by atoms with Gasteiger partial charge in [-0.25, -0.2) is 9.78 Å². The highest BCUT2D eigenvalue weighted by Gasteiger charge is 2.17. The van der Waals surface area contributed by atoms with Gasteiger partial charge in [-0.05, 0) is 12.1 Å². The van der Waals surface area contributed by atoms with Crippen molar-refractivity contribution in [3.05, 3.63) is 35.1 Å². The van der Waals surface area contributed by atoms with Crippen LogP contribution in [0.2, 0.25) is 0 Å². The minimum atomic E-state index is -0.982. The van der Waals surface area contributed by atoms with E-state index in [1.54, 1.807) is 18.5 Å². The van der Waals surface area contributed by atoms with Crippen molar-refractivity contribution >= 4 is 17.3 Å². The molecule has 2 aromatic rings. The van der Waals surface area contributed by atoms with Gasteiger partial charge >= 0.3 is 5.97 Å². The fourth-order valence-corrected chi connectivity index (χ4v) is 2.26. The molecule has 2 heterocycles. The summed E-state index contributed by atoms with van der Waals surface area (Å²) in [5.41, 5.74) is 1.26. The molecule has 88 valence electrons. The Morgan fingerprint density at radius 2 is 2.41 bits per heavy atom. The molecule has 0 aliphatic heterocycles. The van der Waals surface area contributed by atoms with Gasteiger partial charge in [0.15, 0.2) is 0 Å². The van der Waals surface area contributed by atoms with Crippen LogP contribution in [0.15, 0.2) is 24.5 Å². The number of hydrogen-bond donors (Lipinski definition) is 1. The van der Waals surface area contributed by atoms with Gasteiger partial charge in [0, 0.05) is 25.1 Å². The topological polar surface area (TPSA) is 72.3 Å². The zero-order valence-corrected chi connectivity index (χ0v) is 9.90. The summed E-state index contributed by atoms with van der Waals surface area (Å²) in [6.07, 6.45) is 3.31. The number of aromatic carboxylic acids is 1. The number of rotatable bonds is 4. The van der Waals surface area contributed by atoms with Crippen LogP contribution in [0.1, 0.15) is 15.4 Å². The molecular weight excluding hydrogens is 240 g/mol. The molecule has 0 aliphatic rings. The van der Waals surface area contributed by atoms with E-state index >= 15 is 0 Å². The van der Waals surface area contributed by atoms with Crippen molar-refractivity contribution in [2.24, 2.45) is 0 Å². The fourth-order valence-electron chi connectivity index (χ4n) is 1.37. The van der Waals surface area contributed by atoms with Crippen molar-refractivity contribution in [3.63, 3.8) is 0 Å². The van der Waals surface area contributed by atoms with Gasteiger partial charge in [-0.3, -0.25) is 4.98 Å². The third-order valence-electron chi connectivity index (χ3n) is 2.08. The SMILES string of the molecule is COCc1nc(-c2cccnc2)sc1C(=O)O. The molecular formula is C11H10N2O3S. The zero-order chi connectivity index (χ0) is 12.3. The van der Waals surface area contributed by atoms with Gasteiger partial charge in [0.05, 0.1) is 12.3 Å². The summed E-state index contributed by atoms with van der Waals surface area (Å²) in [5.74, 6) is -0.982. The molecule has 0 spiro atoms. The molecule has 0 bridgehead atoms. The second kappa shape index (κ2) is 5.03. The average molecular weight is 250 g/mol. The van der Waals surface area contributed by atoms with Gasteiger partial charge in [0.1, 0.15) is 9.88 Å². The van der Waals surface area contributed by atoms with Crippen LogP contribution in [0, 0.1) is 0 Å². The normalized spacial score (nSPS) is 10.4. The maximum atomic E-state index is 11.0. The number of thiazole rings is 1. The molecule has 17 heavy (non-hydrogen) atoms. The number of carboxylic acids is 1. The number of ether oxygens (including phenoxy) is 1. The van der Waals surface area contributed by atoms with E-state index in [4.69, 9.17) is 9.84 Å². The molecule has 0 saturated carbocycles. The summed E-state index contributed by atoms with van der Waals surface area (Å²) in [6.45, 7) is 0.193. The van der Waals surface area contributed by atoms with Crippen molar-refractivity contribution < 1.29 is 14.6 Å². The summed E-state index contributed by atoms with van der Waals surface area (Å²) in [5, 5.41) is 9.69. The van der Waals surface area contributed by atoms with Crippen molar-refractivity contribution in [3.8, 4) is 10.6 Å². The average Bonchev–Trinajstić information content (AvgIpc) is 2.75. The highest BCUT2D eigenvalue weighted by Crippen LogP contribution is 2.27. The summed E-state index contributed by atoms with van der Waals surface area (Å²) in [6, 6.07) is 3.63. The molecule has 0 saturated heterocycles. The Bertz CT molecular complexity index is 525. The van der Waals surface area contributed by atoms with E-state index in [2.05, 4.69) is 9.97 Å². The van der Waals surface area contributed by atoms with Gasteiger partial charge in [0.25, 0.3) is 0 Å². The smallest absolute Gasteiger partial charge is 0.347 e. The highest BCUT2D eigenvalue weighted by atomic mass is 32.1. The molecule has 0 atom stereocenters. The molecule has 0 amide bonds. The van der Waals surface area contributed by atoms with E-state index in [1.807, 2.05) is 6.07 Å². The molecule has 2 aromatic heterocycles. The van der Waals surface area contributed by atoms with Gasteiger partial charge in [-0.1, -0.05) is 0 Å². The predicted molar refractivity (Wildman–Crippen MR) is 63.0 cm³/mol. The van der Waals surface area contributed by atoms with Crippen LogP contribution in [0.3, 0.4) is 0 Å². The number of pyridine rings is 1. The Kier molecular flexibility index (Phi) is 3.46. The van der Waals surface area contributed by atoms with Crippen LogP contribution >= 0.6 is 11.3 Å². The quantitative estimate of drug-likeness (QED) is 0.899. The molecule has 0 aromatic carbocycles. The Labute approximate surface area is 102 Å². The molecule has 0 fully saturated rings. The summed E-state index contributed by atoms with van der Waals surface area (Å²) < 4.78 is 4.93. The second-order valence-corrected chi connectivity index (χ2v) is 4.27. The third-order valence-corrected chi connectivity index (χ3v) is 3.22. The van der Waals surface area contributed by atoms with Crippen molar-refractivity contribution in [2.75, 3.05) is 7.11 Å². The highest BCUT2D eigenvalue weighted by molar-refractivity contribution is 7.17. The lowest BCUT2D eigenvalue weighted by molar-refractivity contribution is 0.0697. The van der Waals surface area contributed by atoms with Crippen LogP contribution in [-0.2, 0) is 11.3 Å². The van der Waals surface area contributed by atoms with Gasteiger partial charge in [-0.2, -0.15) is 0 Å². The van der Waals surface area contributed by atoms with Crippen molar-refractivity contribution in [2.45, 2.75) is 6.61 Å². The van der Waals surface area contributed by atoms with Crippen LogP contribution in [-0.4, -0.2) is 28.2 Å². The lowest BCUT2D eigenvalue weighted by atomic mass is 10.3. The van der Waals surface area contributed by atoms with Crippen LogP contribution in [0.4, 0.5) is 0 Å². The van der Waals surface area contributed by atoms with Crippen molar-refractivity contribution in [1.82, 2.24) is 9.97 Å². The number of carbonyl (C=O) groups is 1. The van der Waals surface area contributed by atoms with E-state index in [1.165, 1.54) is 7.11 Å². The number of nitrogens with zero attached hydrogens (tertiary/aromatic N) is 2. The van der Waals surface area contributed by atoms with E-state index in [-0.39, 0.29) is 11.5 Å². The summed E-state index contributed by atoms with van der Waals surface area (Å²) in [7, 11) is 1.51. The Balaban J connectivity index is 2.44. The fraction of sp³-hybridized carbons (Fsp3) is 0.182. The number of methoxy groups -OCH3 is 1. The minimum absolute atomic E-state index is 0.193. The van der Waals surface area contributed by atoms with Crippen molar-refractivity contribution in [1.29, 1.82) is 0 Å². The van der Waals surface area contributed by atoms with Crippen LogP contribution < -0.4 is 0 Å². The van der Waals surface area contributed by atoms with E-state index < -0.39 is 5.97 Å². The molecule has 1 N–H and O–H groups in total. The first kappa shape index (κ1) is 11.7. The maximum Gasteiger partial charge on any atom is 0.347 e. The first-order chi connectivity index (χ1) is 8.22. The van der Waals surface area contributed by atoms with E-state index in [9.17, 15) is 4.79 Å². The minimum Gasteiger partial charge on any atom is -0.477 e. The number of carboxylic acid groups (broad SMARTS) is 1. The number of hydrogen-bond acceptors (Lipinski definition) is 5. The van der Waals surface area contributed by atoms with E-state index in [0.717, 1.165) is 16.9 Å². The Morgan fingerprint density at radius 3 is 3.00 bits per heavy atom. The predicted octanol–water partition coefficient (Wildman–Crippen LogP) is 2.05. The first-order valence-electron chi connectivity index (χ1n) is 4.84. The molecule has 0 aliphatic carbocycles. The third kappa shape index (κ3) is 2.48. The lowest BCUT2D eigenvalue weighted by Crippen LogP contribution is -1.99. The van der Waals surface area contributed by atoms with Gasteiger partial charge in [-0.15, -0.1) is 11.3 Å². The van der Waals surface area contributed by atoms with Crippen LogP contribution in [0.25, 0.3) is 10.6 Å².